The molecule has 0 aliphatic carbocycles. The van der Waals surface area contributed by atoms with Crippen LogP contribution in [0, 0.1) is 34.1 Å². The zero-order chi connectivity index (χ0) is 20.8. The summed E-state index contributed by atoms with van der Waals surface area (Å²) in [4.78, 5) is 27.9. The van der Waals surface area contributed by atoms with Gasteiger partial charge in [-0.05, 0) is 31.7 Å². The van der Waals surface area contributed by atoms with Gasteiger partial charge < -0.3 is 0 Å². The van der Waals surface area contributed by atoms with E-state index in [9.17, 15) is 33.4 Å². The highest BCUT2D eigenvalue weighted by Gasteiger charge is 2.38. The molecule has 146 valence electrons. The second-order valence-corrected chi connectivity index (χ2v) is 6.58. The van der Waals surface area contributed by atoms with Crippen molar-refractivity contribution >= 4 is 28.9 Å². The van der Waals surface area contributed by atoms with Crippen LogP contribution in [0.3, 0.4) is 0 Å². The van der Waals surface area contributed by atoms with Gasteiger partial charge >= 0.3 is 6.18 Å². The van der Waals surface area contributed by atoms with Crippen molar-refractivity contribution in [3.63, 3.8) is 0 Å². The van der Waals surface area contributed by atoms with Crippen LogP contribution >= 0.6 is 11.8 Å². The van der Waals surface area contributed by atoms with E-state index < -0.39 is 37.9 Å². The van der Waals surface area contributed by atoms with Crippen molar-refractivity contribution in [3.8, 4) is 0 Å². The summed E-state index contributed by atoms with van der Waals surface area (Å²) in [5.41, 5.74) is -2.36. The maximum atomic E-state index is 13.0. The average Bonchev–Trinajstić information content (AvgIpc) is 2.96. The van der Waals surface area contributed by atoms with Crippen LogP contribution < -0.4 is 0 Å². The van der Waals surface area contributed by atoms with E-state index >= 15 is 0 Å². The van der Waals surface area contributed by atoms with E-state index in [2.05, 4.69) is 15.1 Å². The number of nitro groups is 2. The topological polar surface area (TPSA) is 129 Å². The summed E-state index contributed by atoms with van der Waals surface area (Å²) >= 11 is 0.423. The highest BCUT2D eigenvalue weighted by atomic mass is 32.2. The highest BCUT2D eigenvalue weighted by Crippen LogP contribution is 2.44. The molecule has 3 rings (SSSR count). The number of aromatic nitrogens is 4. The van der Waals surface area contributed by atoms with E-state index in [1.54, 1.807) is 19.9 Å². The monoisotopic (exact) mass is 414 g/mol. The quantitative estimate of drug-likeness (QED) is 0.466. The molecule has 0 spiro atoms. The molecule has 0 aliphatic rings. The van der Waals surface area contributed by atoms with Crippen LogP contribution in [0.15, 0.2) is 28.3 Å². The SMILES string of the molecule is Cc1cc(C)n2nc(Sc3c([N+](=O)[O-])cc(C(F)(F)F)cc3[N+](=O)[O-])nc2n1. The highest BCUT2D eigenvalue weighted by molar-refractivity contribution is 7.99. The van der Waals surface area contributed by atoms with E-state index in [1.807, 2.05) is 0 Å². The minimum absolute atomic E-state index is 0.132. The van der Waals surface area contributed by atoms with Crippen LogP contribution in [0.5, 0.6) is 0 Å². The zero-order valence-electron chi connectivity index (χ0n) is 14.1. The molecule has 0 saturated heterocycles. The van der Waals surface area contributed by atoms with Gasteiger partial charge in [-0.15, -0.1) is 5.10 Å². The Balaban J connectivity index is 2.19. The van der Waals surface area contributed by atoms with Crippen molar-refractivity contribution in [1.29, 1.82) is 0 Å². The number of alkyl halides is 3. The van der Waals surface area contributed by atoms with Gasteiger partial charge in [-0.1, -0.05) is 0 Å². The number of hydrogen-bond donors (Lipinski definition) is 0. The van der Waals surface area contributed by atoms with Crippen LogP contribution in [0.2, 0.25) is 0 Å². The van der Waals surface area contributed by atoms with E-state index in [-0.39, 0.29) is 23.1 Å². The van der Waals surface area contributed by atoms with Gasteiger partial charge in [-0.3, -0.25) is 20.2 Å². The van der Waals surface area contributed by atoms with Crippen LogP contribution in [0.1, 0.15) is 17.0 Å². The lowest BCUT2D eigenvalue weighted by molar-refractivity contribution is -0.400. The molecule has 0 amide bonds. The lowest BCUT2D eigenvalue weighted by Gasteiger charge is -2.08. The largest absolute Gasteiger partial charge is 0.416 e. The number of rotatable bonds is 4. The Morgan fingerprint density at radius 2 is 1.61 bits per heavy atom. The molecule has 0 bridgehead atoms. The Kier molecular flexibility index (Phi) is 4.66. The standard InChI is InChI=1S/C14H9F3N6O4S/c1-6-3-7(2)21-12(18-6)19-13(20-21)28-11-9(22(24)25)4-8(14(15,16)17)5-10(11)23(26)27/h3-5H,1-2H3. The maximum absolute atomic E-state index is 13.0. The first kappa shape index (κ1) is 19.5. The fourth-order valence-electron chi connectivity index (χ4n) is 2.42. The van der Waals surface area contributed by atoms with Crippen LogP contribution in [0.4, 0.5) is 24.5 Å². The van der Waals surface area contributed by atoms with E-state index in [1.165, 1.54) is 4.52 Å². The molecule has 3 aromatic rings. The van der Waals surface area contributed by atoms with Gasteiger partial charge in [-0.25, -0.2) is 9.50 Å². The molecule has 2 aromatic heterocycles. The van der Waals surface area contributed by atoms with Crippen LogP contribution in [0.25, 0.3) is 5.78 Å². The number of nitrogens with zero attached hydrogens (tertiary/aromatic N) is 6. The number of hydrogen-bond acceptors (Lipinski definition) is 8. The molecule has 14 heteroatoms. The van der Waals surface area contributed by atoms with E-state index in [4.69, 9.17) is 0 Å². The van der Waals surface area contributed by atoms with Crippen molar-refractivity contribution in [2.75, 3.05) is 0 Å². The lowest BCUT2D eigenvalue weighted by Crippen LogP contribution is -2.08. The van der Waals surface area contributed by atoms with Crippen molar-refractivity contribution < 1.29 is 23.0 Å². The predicted octanol–water partition coefficient (Wildman–Crippen LogP) is 3.73. The molecule has 1 aromatic carbocycles. The third-order valence-electron chi connectivity index (χ3n) is 3.56. The number of aryl methyl sites for hydroxylation is 2. The normalized spacial score (nSPS) is 11.8. The average molecular weight is 414 g/mol. The fraction of sp³-hybridized carbons (Fsp3) is 0.214. The van der Waals surface area contributed by atoms with Crippen LogP contribution in [-0.4, -0.2) is 29.4 Å². The number of benzene rings is 1. The Bertz CT molecular complexity index is 1100. The molecule has 28 heavy (non-hydrogen) atoms. The second-order valence-electron chi connectivity index (χ2n) is 5.60. The van der Waals surface area contributed by atoms with Crippen LogP contribution in [-0.2, 0) is 6.18 Å². The second kappa shape index (κ2) is 6.70. The van der Waals surface area contributed by atoms with Crippen molar-refractivity contribution in [3.05, 3.63) is 55.4 Å². The third-order valence-corrected chi connectivity index (χ3v) is 4.54. The van der Waals surface area contributed by atoms with Gasteiger partial charge in [0.1, 0.15) is 0 Å². The minimum atomic E-state index is -4.99. The molecular formula is C14H9F3N6O4S. The Labute approximate surface area is 157 Å². The van der Waals surface area contributed by atoms with Gasteiger partial charge in [-0.2, -0.15) is 18.2 Å². The van der Waals surface area contributed by atoms with Crippen molar-refractivity contribution in [1.82, 2.24) is 19.6 Å². The summed E-state index contributed by atoms with van der Waals surface area (Å²) in [5.74, 6) is 0.150. The number of halogens is 3. The number of fused-ring (bicyclic) bond motifs is 1. The van der Waals surface area contributed by atoms with E-state index in [0.717, 1.165) is 0 Å². The molecule has 0 saturated carbocycles. The summed E-state index contributed by atoms with van der Waals surface area (Å²) in [7, 11) is 0. The lowest BCUT2D eigenvalue weighted by atomic mass is 10.1. The molecule has 0 N–H and O–H groups in total. The van der Waals surface area contributed by atoms with Crippen molar-refractivity contribution in [2.45, 2.75) is 30.1 Å². The molecule has 0 aliphatic heterocycles. The van der Waals surface area contributed by atoms with Gasteiger partial charge in [0.05, 0.1) is 15.4 Å². The molecule has 2 heterocycles. The third kappa shape index (κ3) is 3.58. The molecule has 0 atom stereocenters. The Morgan fingerprint density at radius 1 is 1.04 bits per heavy atom. The summed E-state index contributed by atoms with van der Waals surface area (Å²) < 4.78 is 40.2. The van der Waals surface area contributed by atoms with Crippen molar-refractivity contribution in [2.24, 2.45) is 0 Å². The zero-order valence-corrected chi connectivity index (χ0v) is 14.9. The molecule has 0 radical (unpaired) electrons. The predicted molar refractivity (Wildman–Crippen MR) is 89.1 cm³/mol. The fourth-order valence-corrected chi connectivity index (χ4v) is 3.33. The summed E-state index contributed by atoms with van der Waals surface area (Å²) in [6.45, 7) is 3.41. The van der Waals surface area contributed by atoms with Gasteiger partial charge in [0, 0.05) is 23.5 Å². The van der Waals surface area contributed by atoms with Gasteiger partial charge in [0.25, 0.3) is 17.2 Å². The first-order chi connectivity index (χ1) is 13.0. The molecule has 10 nitrogen and oxygen atoms in total. The molecular weight excluding hydrogens is 405 g/mol. The summed E-state index contributed by atoms with van der Waals surface area (Å²) in [6, 6.07) is 2.19. The number of nitro benzene ring substituents is 2. The Morgan fingerprint density at radius 3 is 2.11 bits per heavy atom. The molecule has 0 fully saturated rings. The van der Waals surface area contributed by atoms with Gasteiger partial charge in [0.2, 0.25) is 5.16 Å². The smallest absolute Gasteiger partial charge is 0.258 e. The Hall–Kier alpha value is -3.29. The summed E-state index contributed by atoms with van der Waals surface area (Å²) in [5, 5.41) is 26.5. The van der Waals surface area contributed by atoms with Gasteiger partial charge in [0.15, 0.2) is 4.90 Å². The summed E-state index contributed by atoms with van der Waals surface area (Å²) in [6.07, 6.45) is -4.99. The maximum Gasteiger partial charge on any atom is 0.416 e. The first-order valence-electron chi connectivity index (χ1n) is 7.40. The minimum Gasteiger partial charge on any atom is -0.258 e. The van der Waals surface area contributed by atoms with E-state index in [0.29, 0.717) is 23.1 Å². The first-order valence-corrected chi connectivity index (χ1v) is 8.22. The molecule has 0 unspecified atom stereocenters.